The van der Waals surface area contributed by atoms with E-state index in [2.05, 4.69) is 0 Å². The van der Waals surface area contributed by atoms with Gasteiger partial charge in [0.15, 0.2) is 0 Å². The average molecular weight is 245 g/mol. The minimum Gasteiger partial charge on any atom is -0.480 e. The van der Waals surface area contributed by atoms with Crippen LogP contribution in [0, 0.1) is 0 Å². The number of carboxylic acids is 1. The molecule has 0 saturated heterocycles. The summed E-state index contributed by atoms with van der Waals surface area (Å²) in [5.74, 6) is -8.69. The third-order valence-electron chi connectivity index (χ3n) is 1.76. The number of hydrogen-bond acceptors (Lipinski definition) is 2. The van der Waals surface area contributed by atoms with Crippen molar-refractivity contribution < 1.29 is 32.3 Å². The first-order chi connectivity index (χ1) is 7.23. The van der Waals surface area contributed by atoms with Crippen LogP contribution in [0.25, 0.3) is 0 Å². The molecule has 0 aromatic heterocycles. The topological polar surface area (TPSA) is 66.4 Å². The molecule has 0 aromatic carbocycles. The van der Waals surface area contributed by atoms with Crippen LogP contribution in [0.15, 0.2) is 0 Å². The Labute approximate surface area is 88.6 Å². The molecule has 0 rings (SSSR count). The summed E-state index contributed by atoms with van der Waals surface area (Å²) in [6.45, 7) is 1.56. The van der Waals surface area contributed by atoms with E-state index in [1.807, 2.05) is 0 Å². The van der Waals surface area contributed by atoms with E-state index in [9.17, 15) is 27.2 Å². The number of carbonyl (C=O) groups excluding carboxylic acids is 1. The van der Waals surface area contributed by atoms with E-state index >= 15 is 0 Å². The van der Waals surface area contributed by atoms with E-state index in [0.717, 1.165) is 0 Å². The number of aliphatic carboxylic acids is 1. The number of nitrogens with one attached hydrogen (secondary N) is 1. The second-order valence-electron chi connectivity index (χ2n) is 3.08. The fraction of sp³-hybridized carbons (Fsp3) is 0.750. The molecule has 0 aliphatic carbocycles. The lowest BCUT2D eigenvalue weighted by Gasteiger charge is -2.18. The lowest BCUT2D eigenvalue weighted by Crippen LogP contribution is -2.51. The Hall–Kier alpha value is -1.34. The number of hydrogen-bond donors (Lipinski definition) is 2. The lowest BCUT2D eigenvalue weighted by molar-refractivity contribution is -0.171. The van der Waals surface area contributed by atoms with Crippen molar-refractivity contribution in [3.8, 4) is 0 Å². The molecule has 0 radical (unpaired) electrons. The van der Waals surface area contributed by atoms with Gasteiger partial charge in [-0.1, -0.05) is 13.3 Å². The van der Waals surface area contributed by atoms with Crippen molar-refractivity contribution in [1.82, 2.24) is 5.32 Å². The predicted octanol–water partition coefficient (Wildman–Crippen LogP) is 1.26. The van der Waals surface area contributed by atoms with Crippen molar-refractivity contribution >= 4 is 11.9 Å². The summed E-state index contributed by atoms with van der Waals surface area (Å²) in [4.78, 5) is 21.2. The number of halogens is 4. The highest BCUT2D eigenvalue weighted by molar-refractivity contribution is 5.88. The number of carbonyl (C=O) groups is 2. The van der Waals surface area contributed by atoms with Crippen molar-refractivity contribution in [3.63, 3.8) is 0 Å². The van der Waals surface area contributed by atoms with Gasteiger partial charge in [-0.2, -0.15) is 8.78 Å². The molecule has 16 heavy (non-hydrogen) atoms. The molecule has 0 bridgehead atoms. The van der Waals surface area contributed by atoms with E-state index in [-0.39, 0.29) is 6.42 Å². The van der Waals surface area contributed by atoms with Gasteiger partial charge in [0.05, 0.1) is 0 Å². The zero-order valence-electron chi connectivity index (χ0n) is 8.34. The van der Waals surface area contributed by atoms with E-state index < -0.39 is 30.3 Å². The van der Waals surface area contributed by atoms with Crippen LogP contribution in [-0.4, -0.2) is 35.4 Å². The van der Waals surface area contributed by atoms with Crippen LogP contribution in [-0.2, 0) is 9.59 Å². The number of alkyl halides is 4. The molecule has 94 valence electrons. The first-order valence-electron chi connectivity index (χ1n) is 4.43. The first kappa shape index (κ1) is 14.7. The van der Waals surface area contributed by atoms with Crippen molar-refractivity contribution in [3.05, 3.63) is 0 Å². The van der Waals surface area contributed by atoms with Gasteiger partial charge < -0.3 is 10.4 Å². The molecule has 0 aromatic rings. The molecular weight excluding hydrogens is 234 g/mol. The number of amides is 1. The molecule has 8 heteroatoms. The minimum absolute atomic E-state index is 0.111. The molecule has 0 saturated carbocycles. The summed E-state index contributed by atoms with van der Waals surface area (Å²) in [7, 11) is 0. The fourth-order valence-electron chi connectivity index (χ4n) is 0.900. The van der Waals surface area contributed by atoms with Gasteiger partial charge in [0, 0.05) is 0 Å². The summed E-state index contributed by atoms with van der Waals surface area (Å²) in [6, 6.07) is -1.58. The SMILES string of the molecule is CCC[C@H](NC(=O)C(F)(F)C(F)F)C(=O)O. The molecular formula is C8H11F4NO3. The van der Waals surface area contributed by atoms with Crippen LogP contribution in [0.5, 0.6) is 0 Å². The lowest BCUT2D eigenvalue weighted by atomic mass is 10.1. The van der Waals surface area contributed by atoms with E-state index in [1.54, 1.807) is 6.92 Å². The fourth-order valence-corrected chi connectivity index (χ4v) is 0.900. The summed E-state index contributed by atoms with van der Waals surface area (Å²) < 4.78 is 48.4. The Balaban J connectivity index is 4.58. The van der Waals surface area contributed by atoms with Gasteiger partial charge in [0.2, 0.25) is 0 Å². The van der Waals surface area contributed by atoms with Gasteiger partial charge >= 0.3 is 18.3 Å². The Morgan fingerprint density at radius 1 is 1.38 bits per heavy atom. The van der Waals surface area contributed by atoms with Crippen LogP contribution >= 0.6 is 0 Å². The quantitative estimate of drug-likeness (QED) is 0.692. The highest BCUT2D eigenvalue weighted by Gasteiger charge is 2.49. The van der Waals surface area contributed by atoms with Gasteiger partial charge in [-0.3, -0.25) is 4.79 Å². The monoisotopic (exact) mass is 245 g/mol. The van der Waals surface area contributed by atoms with Crippen LogP contribution in [0.4, 0.5) is 17.6 Å². The largest absolute Gasteiger partial charge is 0.480 e. The van der Waals surface area contributed by atoms with Gasteiger partial charge in [0.1, 0.15) is 6.04 Å². The maximum atomic E-state index is 12.4. The standard InChI is InChI=1S/C8H11F4NO3/c1-2-3-4(5(14)15)13-7(16)8(11,12)6(9)10/h4,6H,2-3H2,1H3,(H,13,16)(H,14,15)/t4-/m0/s1. The first-order valence-corrected chi connectivity index (χ1v) is 4.43. The smallest absolute Gasteiger partial charge is 0.383 e. The van der Waals surface area contributed by atoms with Crippen LogP contribution in [0.3, 0.4) is 0 Å². The average Bonchev–Trinajstić information content (AvgIpc) is 2.16. The Morgan fingerprint density at radius 3 is 2.19 bits per heavy atom. The zero-order chi connectivity index (χ0) is 12.9. The minimum atomic E-state index is -4.87. The van der Waals surface area contributed by atoms with E-state index in [1.165, 1.54) is 5.32 Å². The van der Waals surface area contributed by atoms with Crippen LogP contribution in [0.1, 0.15) is 19.8 Å². The molecule has 1 amide bonds. The second-order valence-corrected chi connectivity index (χ2v) is 3.08. The van der Waals surface area contributed by atoms with Crippen LogP contribution in [0.2, 0.25) is 0 Å². The highest BCUT2D eigenvalue weighted by Crippen LogP contribution is 2.23. The maximum absolute atomic E-state index is 12.4. The molecule has 4 nitrogen and oxygen atoms in total. The predicted molar refractivity (Wildman–Crippen MR) is 45.4 cm³/mol. The second kappa shape index (κ2) is 5.66. The van der Waals surface area contributed by atoms with E-state index in [0.29, 0.717) is 6.42 Å². The number of rotatable bonds is 6. The van der Waals surface area contributed by atoms with Gasteiger partial charge in [0.25, 0.3) is 5.91 Å². The van der Waals surface area contributed by atoms with Gasteiger partial charge in [-0.05, 0) is 6.42 Å². The third-order valence-corrected chi connectivity index (χ3v) is 1.76. The highest BCUT2D eigenvalue weighted by atomic mass is 19.3. The third kappa shape index (κ3) is 3.67. The maximum Gasteiger partial charge on any atom is 0.383 e. The Kier molecular flexibility index (Phi) is 5.19. The molecule has 0 aliphatic heterocycles. The molecule has 0 unspecified atom stereocenters. The molecule has 0 spiro atoms. The van der Waals surface area contributed by atoms with Gasteiger partial charge in [-0.25, -0.2) is 13.6 Å². The molecule has 0 fully saturated rings. The summed E-state index contributed by atoms with van der Waals surface area (Å²) >= 11 is 0. The van der Waals surface area contributed by atoms with Crippen molar-refractivity contribution in [2.24, 2.45) is 0 Å². The van der Waals surface area contributed by atoms with Crippen molar-refractivity contribution in [2.75, 3.05) is 0 Å². The Bertz CT molecular complexity index is 270. The normalized spacial score (nSPS) is 13.6. The molecule has 1 atom stereocenters. The summed E-state index contributed by atoms with van der Waals surface area (Å²) in [6.07, 6.45) is -3.97. The molecule has 0 aliphatic rings. The van der Waals surface area contributed by atoms with Crippen LogP contribution < -0.4 is 5.32 Å². The summed E-state index contributed by atoms with van der Waals surface area (Å²) in [5, 5.41) is 9.88. The summed E-state index contributed by atoms with van der Waals surface area (Å²) in [5.41, 5.74) is 0. The van der Waals surface area contributed by atoms with Crippen molar-refractivity contribution in [1.29, 1.82) is 0 Å². The Morgan fingerprint density at radius 2 is 1.88 bits per heavy atom. The van der Waals surface area contributed by atoms with Gasteiger partial charge in [-0.15, -0.1) is 0 Å². The van der Waals surface area contributed by atoms with Crippen molar-refractivity contribution in [2.45, 2.75) is 38.2 Å². The number of carboxylic acid groups (broad SMARTS) is 1. The molecule has 0 heterocycles. The molecule has 2 N–H and O–H groups in total. The van der Waals surface area contributed by atoms with E-state index in [4.69, 9.17) is 5.11 Å². The zero-order valence-corrected chi connectivity index (χ0v) is 8.34.